The highest BCUT2D eigenvalue weighted by molar-refractivity contribution is 5.77. The molecule has 0 fully saturated rings. The normalized spacial score (nSPS) is 10.5. The number of aromatic nitrogens is 3. The molecule has 24 heavy (non-hydrogen) atoms. The highest BCUT2D eigenvalue weighted by Gasteiger charge is 2.10. The Morgan fingerprint density at radius 1 is 1.29 bits per heavy atom. The van der Waals surface area contributed by atoms with E-state index in [0.717, 1.165) is 17.7 Å². The molecule has 7 heteroatoms. The summed E-state index contributed by atoms with van der Waals surface area (Å²) in [6.07, 6.45) is 5.66. The first-order chi connectivity index (χ1) is 11.8. The van der Waals surface area contributed by atoms with Gasteiger partial charge in [-0.2, -0.15) is 0 Å². The molecule has 0 saturated heterocycles. The number of hydrogen-bond acceptors (Lipinski definition) is 5. The second-order valence-electron chi connectivity index (χ2n) is 5.17. The second-order valence-corrected chi connectivity index (χ2v) is 5.17. The standard InChI is InChI=1S/C17H18N4O3/c1-2-13-5-6-16(15(8-13)21-11-19-20-12-21)24-10-17(22)18-9-14-4-3-7-23-14/h3-8,11-12H,2,9-10H2,1H3,(H,18,22). The molecule has 3 rings (SSSR count). The van der Waals surface area contributed by atoms with Gasteiger partial charge in [0.1, 0.15) is 24.2 Å². The molecule has 124 valence electrons. The van der Waals surface area contributed by atoms with Crippen LogP contribution in [0.4, 0.5) is 0 Å². The zero-order valence-corrected chi connectivity index (χ0v) is 13.3. The van der Waals surface area contributed by atoms with Crippen molar-refractivity contribution in [2.75, 3.05) is 6.61 Å². The average Bonchev–Trinajstić information content (AvgIpc) is 3.31. The van der Waals surface area contributed by atoms with Gasteiger partial charge >= 0.3 is 0 Å². The zero-order valence-electron chi connectivity index (χ0n) is 13.3. The summed E-state index contributed by atoms with van der Waals surface area (Å²) in [5.74, 6) is 1.07. The van der Waals surface area contributed by atoms with Crippen LogP contribution in [0.25, 0.3) is 5.69 Å². The first-order valence-electron chi connectivity index (χ1n) is 7.66. The van der Waals surface area contributed by atoms with E-state index in [4.69, 9.17) is 9.15 Å². The van der Waals surface area contributed by atoms with Crippen molar-refractivity contribution in [2.24, 2.45) is 0 Å². The van der Waals surface area contributed by atoms with Crippen LogP contribution in [0.1, 0.15) is 18.2 Å². The fourth-order valence-electron chi connectivity index (χ4n) is 2.23. The van der Waals surface area contributed by atoms with Crippen LogP contribution in [0.5, 0.6) is 5.75 Å². The minimum absolute atomic E-state index is 0.0820. The Morgan fingerprint density at radius 3 is 2.83 bits per heavy atom. The topological polar surface area (TPSA) is 82.2 Å². The summed E-state index contributed by atoms with van der Waals surface area (Å²) < 4.78 is 12.6. The molecule has 7 nitrogen and oxygen atoms in total. The number of benzene rings is 1. The summed E-state index contributed by atoms with van der Waals surface area (Å²) in [4.78, 5) is 11.9. The van der Waals surface area contributed by atoms with Gasteiger partial charge in [-0.05, 0) is 36.2 Å². The van der Waals surface area contributed by atoms with Crippen LogP contribution >= 0.6 is 0 Å². The molecule has 0 saturated carbocycles. The first kappa shape index (κ1) is 15.8. The van der Waals surface area contributed by atoms with Gasteiger partial charge in [-0.3, -0.25) is 9.36 Å². The predicted molar refractivity (Wildman–Crippen MR) is 86.8 cm³/mol. The van der Waals surface area contributed by atoms with Gasteiger partial charge in [0.05, 0.1) is 18.5 Å². The summed E-state index contributed by atoms with van der Waals surface area (Å²) in [6.45, 7) is 2.33. The molecule has 0 spiro atoms. The predicted octanol–water partition coefficient (Wildman–Crippen LogP) is 2.12. The lowest BCUT2D eigenvalue weighted by molar-refractivity contribution is -0.123. The molecular formula is C17H18N4O3. The number of nitrogens with zero attached hydrogens (tertiary/aromatic N) is 3. The van der Waals surface area contributed by atoms with E-state index in [1.165, 1.54) is 0 Å². The molecule has 0 aliphatic rings. The van der Waals surface area contributed by atoms with E-state index in [-0.39, 0.29) is 12.5 Å². The minimum atomic E-state index is -0.222. The number of carbonyl (C=O) groups excluding carboxylic acids is 1. The minimum Gasteiger partial charge on any atom is -0.482 e. The van der Waals surface area contributed by atoms with Crippen LogP contribution in [0.3, 0.4) is 0 Å². The number of rotatable bonds is 7. The first-order valence-corrected chi connectivity index (χ1v) is 7.66. The maximum absolute atomic E-state index is 11.9. The fraction of sp³-hybridized carbons (Fsp3) is 0.235. The number of furan rings is 1. The Labute approximate surface area is 139 Å². The van der Waals surface area contributed by atoms with Crippen molar-refractivity contribution in [2.45, 2.75) is 19.9 Å². The second kappa shape index (κ2) is 7.45. The van der Waals surface area contributed by atoms with E-state index < -0.39 is 0 Å². The number of nitrogens with one attached hydrogen (secondary N) is 1. The van der Waals surface area contributed by atoms with Crippen LogP contribution < -0.4 is 10.1 Å². The molecule has 0 atom stereocenters. The van der Waals surface area contributed by atoms with Gasteiger partial charge in [0.15, 0.2) is 6.61 Å². The van der Waals surface area contributed by atoms with Gasteiger partial charge in [0.2, 0.25) is 0 Å². The molecule has 2 aromatic heterocycles. The van der Waals surface area contributed by atoms with Gasteiger partial charge in [-0.15, -0.1) is 10.2 Å². The Hall–Kier alpha value is -3.09. The molecule has 0 aliphatic heterocycles. The zero-order chi connectivity index (χ0) is 16.8. The van der Waals surface area contributed by atoms with E-state index in [1.807, 2.05) is 18.2 Å². The molecule has 0 aliphatic carbocycles. The molecule has 1 N–H and O–H groups in total. The van der Waals surface area contributed by atoms with E-state index in [2.05, 4.69) is 22.4 Å². The van der Waals surface area contributed by atoms with Crippen LogP contribution in [0, 0.1) is 0 Å². The summed E-state index contributed by atoms with van der Waals surface area (Å²) in [5.41, 5.74) is 1.96. The van der Waals surface area contributed by atoms with Crippen molar-refractivity contribution in [1.29, 1.82) is 0 Å². The summed E-state index contributed by atoms with van der Waals surface area (Å²) in [7, 11) is 0. The van der Waals surface area contributed by atoms with Crippen molar-refractivity contribution in [1.82, 2.24) is 20.1 Å². The molecular weight excluding hydrogens is 308 g/mol. The number of carbonyl (C=O) groups is 1. The smallest absolute Gasteiger partial charge is 0.258 e. The number of hydrogen-bond donors (Lipinski definition) is 1. The Morgan fingerprint density at radius 2 is 2.12 bits per heavy atom. The molecule has 1 amide bonds. The monoisotopic (exact) mass is 326 g/mol. The highest BCUT2D eigenvalue weighted by Crippen LogP contribution is 2.24. The fourth-order valence-corrected chi connectivity index (χ4v) is 2.23. The van der Waals surface area contributed by atoms with Crippen LogP contribution in [0.2, 0.25) is 0 Å². The Kier molecular flexibility index (Phi) is 4.90. The van der Waals surface area contributed by atoms with Gasteiger partial charge in [0, 0.05) is 0 Å². The third kappa shape index (κ3) is 3.81. The Balaban J connectivity index is 1.65. The number of ether oxygens (including phenoxy) is 1. The van der Waals surface area contributed by atoms with Crippen molar-refractivity contribution < 1.29 is 13.9 Å². The van der Waals surface area contributed by atoms with E-state index in [1.54, 1.807) is 35.6 Å². The Bertz CT molecular complexity index is 782. The molecule has 2 heterocycles. The molecule has 0 unspecified atom stereocenters. The SMILES string of the molecule is CCc1ccc(OCC(=O)NCc2ccco2)c(-n2cnnc2)c1. The van der Waals surface area contributed by atoms with Crippen LogP contribution in [0.15, 0.2) is 53.7 Å². The van der Waals surface area contributed by atoms with Crippen LogP contribution in [-0.4, -0.2) is 27.3 Å². The summed E-state index contributed by atoms with van der Waals surface area (Å²) in [5, 5.41) is 10.4. The van der Waals surface area contributed by atoms with E-state index >= 15 is 0 Å². The lowest BCUT2D eigenvalue weighted by Gasteiger charge is -2.13. The third-order valence-electron chi connectivity index (χ3n) is 3.53. The largest absolute Gasteiger partial charge is 0.482 e. The van der Waals surface area contributed by atoms with Gasteiger partial charge in [-0.25, -0.2) is 0 Å². The van der Waals surface area contributed by atoms with Crippen molar-refractivity contribution in [3.05, 3.63) is 60.6 Å². The van der Waals surface area contributed by atoms with Crippen LogP contribution in [-0.2, 0) is 17.8 Å². The lowest BCUT2D eigenvalue weighted by Crippen LogP contribution is -2.28. The van der Waals surface area contributed by atoms with Crippen molar-refractivity contribution in [3.8, 4) is 11.4 Å². The molecule has 0 radical (unpaired) electrons. The quantitative estimate of drug-likeness (QED) is 0.719. The average molecular weight is 326 g/mol. The highest BCUT2D eigenvalue weighted by atomic mass is 16.5. The van der Waals surface area contributed by atoms with E-state index in [9.17, 15) is 4.79 Å². The van der Waals surface area contributed by atoms with Crippen molar-refractivity contribution in [3.63, 3.8) is 0 Å². The molecule has 3 aromatic rings. The molecule has 0 bridgehead atoms. The molecule has 1 aromatic carbocycles. The number of amides is 1. The van der Waals surface area contributed by atoms with E-state index in [0.29, 0.717) is 18.1 Å². The maximum atomic E-state index is 11.9. The summed E-state index contributed by atoms with van der Waals surface area (Å²) >= 11 is 0. The van der Waals surface area contributed by atoms with Crippen molar-refractivity contribution >= 4 is 5.91 Å². The van der Waals surface area contributed by atoms with Gasteiger partial charge in [0.25, 0.3) is 5.91 Å². The number of aryl methyl sites for hydroxylation is 1. The lowest BCUT2D eigenvalue weighted by atomic mass is 10.1. The summed E-state index contributed by atoms with van der Waals surface area (Å²) in [6, 6.07) is 9.41. The van der Waals surface area contributed by atoms with Gasteiger partial charge in [-0.1, -0.05) is 13.0 Å². The maximum Gasteiger partial charge on any atom is 0.258 e. The van der Waals surface area contributed by atoms with Gasteiger partial charge < -0.3 is 14.5 Å². The third-order valence-corrected chi connectivity index (χ3v) is 3.53.